The van der Waals surface area contributed by atoms with Crippen molar-refractivity contribution in [1.82, 2.24) is 4.72 Å². The Morgan fingerprint density at radius 3 is 2.45 bits per heavy atom. The Kier molecular flexibility index (Phi) is 4.65. The summed E-state index contributed by atoms with van der Waals surface area (Å²) in [6, 6.07) is 12.7. The van der Waals surface area contributed by atoms with Gasteiger partial charge in [0.1, 0.15) is 5.75 Å². The number of phenolic OH excluding ortho intramolecular Hbond substituents is 1. The highest BCUT2D eigenvalue weighted by Gasteiger charge is 2.12. The molecule has 0 bridgehead atoms. The van der Waals surface area contributed by atoms with Gasteiger partial charge in [0.15, 0.2) is 0 Å². The van der Waals surface area contributed by atoms with Gasteiger partial charge in [-0.2, -0.15) is 0 Å². The third-order valence-corrected chi connectivity index (χ3v) is 4.45. The highest BCUT2D eigenvalue weighted by Crippen LogP contribution is 2.14. The zero-order valence-electron chi connectivity index (χ0n) is 10.6. The molecule has 0 saturated heterocycles. The summed E-state index contributed by atoms with van der Waals surface area (Å²) >= 11 is 5.86. The third-order valence-electron chi connectivity index (χ3n) is 2.74. The van der Waals surface area contributed by atoms with Crippen molar-refractivity contribution < 1.29 is 13.5 Å². The second kappa shape index (κ2) is 6.26. The van der Waals surface area contributed by atoms with Gasteiger partial charge < -0.3 is 5.11 Å². The first-order valence-corrected chi connectivity index (χ1v) is 7.87. The van der Waals surface area contributed by atoms with Crippen molar-refractivity contribution in [3.05, 3.63) is 59.1 Å². The number of halogens is 1. The summed E-state index contributed by atoms with van der Waals surface area (Å²) in [5.41, 5.74) is 0.964. The zero-order valence-corrected chi connectivity index (χ0v) is 12.2. The van der Waals surface area contributed by atoms with Crippen LogP contribution in [-0.2, 0) is 16.4 Å². The summed E-state index contributed by atoms with van der Waals surface area (Å²) < 4.78 is 26.5. The molecule has 0 aromatic heterocycles. The lowest BCUT2D eigenvalue weighted by molar-refractivity contribution is 0.474. The maximum Gasteiger partial charge on any atom is 0.240 e. The van der Waals surface area contributed by atoms with Crippen LogP contribution in [0.15, 0.2) is 53.4 Å². The zero-order chi connectivity index (χ0) is 14.6. The molecule has 0 radical (unpaired) electrons. The molecule has 0 aliphatic heterocycles. The Morgan fingerprint density at radius 1 is 1.10 bits per heavy atom. The van der Waals surface area contributed by atoms with E-state index in [0.29, 0.717) is 11.4 Å². The Balaban J connectivity index is 1.98. The molecule has 0 aliphatic carbocycles. The monoisotopic (exact) mass is 311 g/mol. The second-order valence-electron chi connectivity index (χ2n) is 4.27. The molecular formula is C14H14ClNO3S. The summed E-state index contributed by atoms with van der Waals surface area (Å²) in [6.07, 6.45) is 0.553. The summed E-state index contributed by atoms with van der Waals surface area (Å²) in [5.74, 6) is 0.0304. The number of hydrogen-bond acceptors (Lipinski definition) is 3. The number of benzene rings is 2. The van der Waals surface area contributed by atoms with Crippen molar-refractivity contribution >= 4 is 21.6 Å². The molecule has 2 aromatic rings. The van der Waals surface area contributed by atoms with Crippen molar-refractivity contribution in [2.24, 2.45) is 0 Å². The lowest BCUT2D eigenvalue weighted by Gasteiger charge is -2.07. The molecule has 0 unspecified atom stereocenters. The van der Waals surface area contributed by atoms with Gasteiger partial charge in [0.05, 0.1) is 4.90 Å². The predicted molar refractivity (Wildman–Crippen MR) is 78.5 cm³/mol. The molecule has 0 fully saturated rings. The molecule has 0 saturated carbocycles. The summed E-state index contributed by atoms with van der Waals surface area (Å²) in [4.78, 5) is 0.126. The van der Waals surface area contributed by atoms with Crippen LogP contribution in [0.4, 0.5) is 0 Å². The van der Waals surface area contributed by atoms with Gasteiger partial charge in [0, 0.05) is 11.6 Å². The number of sulfonamides is 1. The van der Waals surface area contributed by atoms with Gasteiger partial charge in [-0.3, -0.25) is 0 Å². The fourth-order valence-electron chi connectivity index (χ4n) is 1.73. The van der Waals surface area contributed by atoms with Gasteiger partial charge in [-0.25, -0.2) is 13.1 Å². The van der Waals surface area contributed by atoms with Crippen molar-refractivity contribution in [2.45, 2.75) is 11.3 Å². The molecule has 106 valence electrons. The van der Waals surface area contributed by atoms with Crippen LogP contribution in [-0.4, -0.2) is 20.1 Å². The molecule has 2 aromatic carbocycles. The summed E-state index contributed by atoms with van der Waals surface area (Å²) in [5, 5.41) is 9.77. The van der Waals surface area contributed by atoms with Gasteiger partial charge in [-0.05, 0) is 48.4 Å². The minimum Gasteiger partial charge on any atom is -0.508 e. The van der Waals surface area contributed by atoms with Gasteiger partial charge in [0.2, 0.25) is 10.0 Å². The first kappa shape index (κ1) is 14.8. The minimum atomic E-state index is -3.55. The molecule has 20 heavy (non-hydrogen) atoms. The number of phenols is 1. The quantitative estimate of drug-likeness (QED) is 0.892. The van der Waals surface area contributed by atoms with Crippen LogP contribution >= 0.6 is 11.6 Å². The van der Waals surface area contributed by atoms with E-state index in [1.54, 1.807) is 12.1 Å². The van der Waals surface area contributed by atoms with Crippen LogP contribution in [0.3, 0.4) is 0 Å². The lowest BCUT2D eigenvalue weighted by atomic mass is 10.2. The van der Waals surface area contributed by atoms with Crippen molar-refractivity contribution in [3.63, 3.8) is 0 Å². The maximum absolute atomic E-state index is 12.0. The molecule has 2 N–H and O–H groups in total. The van der Waals surface area contributed by atoms with E-state index in [2.05, 4.69) is 4.72 Å². The van der Waals surface area contributed by atoms with E-state index in [4.69, 9.17) is 16.7 Å². The highest BCUT2D eigenvalue weighted by molar-refractivity contribution is 7.89. The minimum absolute atomic E-state index is 0.0304. The topological polar surface area (TPSA) is 66.4 Å². The van der Waals surface area contributed by atoms with E-state index in [1.165, 1.54) is 24.3 Å². The molecule has 0 heterocycles. The molecule has 0 spiro atoms. The van der Waals surface area contributed by atoms with Crippen molar-refractivity contribution in [3.8, 4) is 5.75 Å². The third kappa shape index (κ3) is 3.96. The standard InChI is InChI=1S/C14H14ClNO3S/c15-12-3-1-2-11(10-12)8-9-16-20(18,19)14-6-4-13(17)5-7-14/h1-7,10,16-17H,8-9H2. The fraction of sp³-hybridized carbons (Fsp3) is 0.143. The van der Waals surface area contributed by atoms with E-state index < -0.39 is 10.0 Å². The lowest BCUT2D eigenvalue weighted by Crippen LogP contribution is -2.25. The average Bonchev–Trinajstić information content (AvgIpc) is 2.39. The van der Waals surface area contributed by atoms with Crippen LogP contribution in [0.2, 0.25) is 5.02 Å². The van der Waals surface area contributed by atoms with Crippen LogP contribution < -0.4 is 4.72 Å². The number of rotatable bonds is 5. The molecular weight excluding hydrogens is 298 g/mol. The molecule has 4 nitrogen and oxygen atoms in total. The fourth-order valence-corrected chi connectivity index (χ4v) is 2.98. The first-order chi connectivity index (χ1) is 9.47. The number of hydrogen-bond donors (Lipinski definition) is 2. The van der Waals surface area contributed by atoms with Crippen molar-refractivity contribution in [2.75, 3.05) is 6.54 Å². The maximum atomic E-state index is 12.0. The first-order valence-electron chi connectivity index (χ1n) is 6.00. The van der Waals surface area contributed by atoms with E-state index in [-0.39, 0.29) is 17.2 Å². The predicted octanol–water partition coefficient (Wildman–Crippen LogP) is 2.57. The number of aromatic hydroxyl groups is 1. The van der Waals surface area contributed by atoms with Crippen LogP contribution in [0.1, 0.15) is 5.56 Å². The Morgan fingerprint density at radius 2 is 1.80 bits per heavy atom. The molecule has 2 rings (SSSR count). The number of nitrogens with one attached hydrogen (secondary N) is 1. The van der Waals surface area contributed by atoms with Crippen molar-refractivity contribution in [1.29, 1.82) is 0 Å². The van der Waals surface area contributed by atoms with Gasteiger partial charge >= 0.3 is 0 Å². The molecule has 0 atom stereocenters. The molecule has 0 aliphatic rings. The Bertz CT molecular complexity index is 684. The van der Waals surface area contributed by atoms with E-state index >= 15 is 0 Å². The van der Waals surface area contributed by atoms with E-state index in [1.807, 2.05) is 12.1 Å². The second-order valence-corrected chi connectivity index (χ2v) is 6.47. The smallest absolute Gasteiger partial charge is 0.240 e. The Hall–Kier alpha value is -1.56. The van der Waals surface area contributed by atoms with Crippen LogP contribution in [0.5, 0.6) is 5.75 Å². The molecule has 6 heteroatoms. The van der Waals surface area contributed by atoms with E-state index in [9.17, 15) is 8.42 Å². The summed E-state index contributed by atoms with van der Waals surface area (Å²) in [7, 11) is -3.55. The SMILES string of the molecule is O=S(=O)(NCCc1cccc(Cl)c1)c1ccc(O)cc1. The average molecular weight is 312 g/mol. The van der Waals surface area contributed by atoms with Gasteiger partial charge in [-0.15, -0.1) is 0 Å². The highest BCUT2D eigenvalue weighted by atomic mass is 35.5. The Labute approximate surface area is 123 Å². The molecule has 0 amide bonds. The normalized spacial score (nSPS) is 11.4. The van der Waals surface area contributed by atoms with Crippen LogP contribution in [0.25, 0.3) is 0 Å². The largest absolute Gasteiger partial charge is 0.508 e. The van der Waals surface area contributed by atoms with Gasteiger partial charge in [-0.1, -0.05) is 23.7 Å². The summed E-state index contributed by atoms with van der Waals surface area (Å²) in [6.45, 7) is 0.281. The van der Waals surface area contributed by atoms with Gasteiger partial charge in [0.25, 0.3) is 0 Å². The van der Waals surface area contributed by atoms with E-state index in [0.717, 1.165) is 5.56 Å². The van der Waals surface area contributed by atoms with Crippen LogP contribution in [0, 0.1) is 0 Å².